The van der Waals surface area contributed by atoms with E-state index in [1.54, 1.807) is 26.0 Å². The number of fused-ring (bicyclic) bond motifs is 3. The lowest BCUT2D eigenvalue weighted by molar-refractivity contribution is -0.144. The summed E-state index contributed by atoms with van der Waals surface area (Å²) >= 11 is 0. The molecule has 32 heavy (non-hydrogen) atoms. The van der Waals surface area contributed by atoms with E-state index >= 15 is 0 Å². The van der Waals surface area contributed by atoms with E-state index in [2.05, 4.69) is 0 Å². The van der Waals surface area contributed by atoms with Gasteiger partial charge in [0.05, 0.1) is 25.8 Å². The van der Waals surface area contributed by atoms with Crippen molar-refractivity contribution in [2.24, 2.45) is 4.99 Å². The first-order chi connectivity index (χ1) is 15.3. The topological polar surface area (TPSA) is 95.0 Å². The molecular weight excluding hydrogens is 414 g/mol. The highest BCUT2D eigenvalue weighted by Gasteiger charge is 2.54. The minimum atomic E-state index is -0.703. The maximum absolute atomic E-state index is 13.3. The smallest absolute Gasteiger partial charge is 0.328 e. The van der Waals surface area contributed by atoms with Gasteiger partial charge in [-0.05, 0) is 38.5 Å². The predicted octanol–water partition coefficient (Wildman–Crippen LogP) is 1.90. The van der Waals surface area contributed by atoms with E-state index in [0.717, 1.165) is 21.8 Å². The summed E-state index contributed by atoms with van der Waals surface area (Å²) in [6, 6.07) is 4.66. The molecule has 1 saturated heterocycles. The lowest BCUT2D eigenvalue weighted by Crippen LogP contribution is -2.64. The molecule has 2 unspecified atom stereocenters. The third kappa shape index (κ3) is 3.35. The Labute approximate surface area is 186 Å². The van der Waals surface area contributed by atoms with Crippen molar-refractivity contribution in [3.8, 4) is 5.75 Å². The van der Waals surface area contributed by atoms with Crippen molar-refractivity contribution >= 4 is 29.6 Å². The molecule has 0 radical (unpaired) electrons. The van der Waals surface area contributed by atoms with Crippen molar-refractivity contribution in [3.63, 3.8) is 0 Å². The Bertz CT molecular complexity index is 1040. The van der Waals surface area contributed by atoms with E-state index in [1.165, 1.54) is 4.90 Å². The first kappa shape index (κ1) is 21.7. The van der Waals surface area contributed by atoms with Gasteiger partial charge >= 0.3 is 12.0 Å². The fourth-order valence-corrected chi connectivity index (χ4v) is 4.27. The molecule has 0 bridgehead atoms. The summed E-state index contributed by atoms with van der Waals surface area (Å²) in [5.41, 5.74) is 2.73. The average Bonchev–Trinajstić information content (AvgIpc) is 3.26. The Balaban J connectivity index is 1.64. The van der Waals surface area contributed by atoms with Gasteiger partial charge in [-0.3, -0.25) is 19.4 Å². The van der Waals surface area contributed by atoms with Gasteiger partial charge in [-0.1, -0.05) is 6.07 Å². The highest BCUT2D eigenvalue weighted by molar-refractivity contribution is 6.10. The monoisotopic (exact) mass is 441 g/mol. The summed E-state index contributed by atoms with van der Waals surface area (Å²) in [7, 11) is 3.22. The number of nitrogens with zero attached hydrogens (tertiary/aromatic N) is 5. The summed E-state index contributed by atoms with van der Waals surface area (Å²) in [6.45, 7) is 5.84. The molecule has 1 aromatic rings. The van der Waals surface area contributed by atoms with Gasteiger partial charge in [0.2, 0.25) is 5.96 Å². The van der Waals surface area contributed by atoms with E-state index in [1.807, 2.05) is 43.1 Å². The van der Waals surface area contributed by atoms with Crippen molar-refractivity contribution in [1.29, 1.82) is 0 Å². The Kier molecular flexibility index (Phi) is 5.53. The number of aliphatic imine (C=N–C) groups is 1. The molecule has 4 rings (SSSR count). The number of likely N-dealkylation sites (N-methyl/N-ethyl adjacent to an activating group) is 1. The Morgan fingerprint density at radius 1 is 1.22 bits per heavy atom. The summed E-state index contributed by atoms with van der Waals surface area (Å²) in [5, 5.41) is 0. The number of guanidine groups is 1. The van der Waals surface area contributed by atoms with Crippen molar-refractivity contribution in [2.75, 3.05) is 32.2 Å². The Hall–Kier alpha value is -3.56. The first-order valence-electron chi connectivity index (χ1n) is 10.5. The average molecular weight is 441 g/mol. The van der Waals surface area contributed by atoms with Crippen LogP contribution in [0, 0.1) is 6.92 Å². The third-order valence-electron chi connectivity index (χ3n) is 5.81. The van der Waals surface area contributed by atoms with Crippen LogP contribution in [0.25, 0.3) is 0 Å². The third-order valence-corrected chi connectivity index (χ3v) is 5.81. The van der Waals surface area contributed by atoms with E-state index in [0.29, 0.717) is 11.7 Å². The molecule has 170 valence electrons. The second kappa shape index (κ2) is 8.18. The summed E-state index contributed by atoms with van der Waals surface area (Å²) in [6.07, 6.45) is 1.15. The van der Waals surface area contributed by atoms with Gasteiger partial charge in [0.15, 0.2) is 12.2 Å². The van der Waals surface area contributed by atoms with Crippen LogP contribution in [-0.2, 0) is 14.3 Å². The van der Waals surface area contributed by atoms with Crippen LogP contribution in [0.1, 0.15) is 25.8 Å². The molecule has 3 aliphatic rings. The number of aryl methyl sites for hydroxylation is 1. The second-order valence-electron chi connectivity index (χ2n) is 7.91. The number of imide groups is 1. The zero-order chi connectivity index (χ0) is 23.2. The van der Waals surface area contributed by atoms with Crippen LogP contribution in [0.4, 0.5) is 10.5 Å². The molecular formula is C22H27N5O5. The van der Waals surface area contributed by atoms with Gasteiger partial charge < -0.3 is 19.3 Å². The number of carbonyl (C=O) groups is 3. The van der Waals surface area contributed by atoms with Crippen molar-refractivity contribution in [1.82, 2.24) is 14.7 Å². The normalized spacial score (nSPS) is 22.0. The number of anilines is 1. The molecule has 3 heterocycles. The zero-order valence-corrected chi connectivity index (χ0v) is 18.9. The van der Waals surface area contributed by atoms with E-state index in [4.69, 9.17) is 14.5 Å². The van der Waals surface area contributed by atoms with Gasteiger partial charge in [0.1, 0.15) is 5.75 Å². The van der Waals surface area contributed by atoms with Gasteiger partial charge in [-0.15, -0.1) is 0 Å². The maximum atomic E-state index is 13.3. The highest BCUT2D eigenvalue weighted by atomic mass is 16.5. The van der Waals surface area contributed by atoms with Crippen LogP contribution in [0.5, 0.6) is 5.75 Å². The molecule has 2 atom stereocenters. The molecule has 0 saturated carbocycles. The van der Waals surface area contributed by atoms with Crippen LogP contribution in [-0.4, -0.2) is 78.1 Å². The molecule has 0 N–H and O–H groups in total. The lowest BCUT2D eigenvalue weighted by atomic mass is 10.1. The molecule has 1 fully saturated rings. The molecule has 1 aromatic carbocycles. The number of hydrogen-bond donors (Lipinski definition) is 0. The van der Waals surface area contributed by atoms with Gasteiger partial charge in [0, 0.05) is 25.5 Å². The number of benzene rings is 1. The van der Waals surface area contributed by atoms with Crippen LogP contribution >= 0.6 is 0 Å². The molecule has 0 spiro atoms. The quantitative estimate of drug-likeness (QED) is 0.622. The highest BCUT2D eigenvalue weighted by Crippen LogP contribution is 2.40. The van der Waals surface area contributed by atoms with Gasteiger partial charge in [-0.25, -0.2) is 9.79 Å². The number of amides is 3. The van der Waals surface area contributed by atoms with Gasteiger partial charge in [0.25, 0.3) is 5.91 Å². The molecule has 0 aromatic heterocycles. The molecule has 10 nitrogen and oxygen atoms in total. The van der Waals surface area contributed by atoms with Crippen molar-refractivity contribution in [2.45, 2.75) is 39.4 Å². The lowest BCUT2D eigenvalue weighted by Gasteiger charge is -2.40. The maximum Gasteiger partial charge on any atom is 0.328 e. The van der Waals surface area contributed by atoms with Crippen molar-refractivity contribution < 1.29 is 23.9 Å². The van der Waals surface area contributed by atoms with E-state index < -0.39 is 24.2 Å². The fourth-order valence-electron chi connectivity index (χ4n) is 4.27. The number of allylic oxidation sites excluding steroid dienone is 1. The minimum Gasteiger partial charge on any atom is -0.495 e. The number of urea groups is 1. The zero-order valence-electron chi connectivity index (χ0n) is 18.9. The Morgan fingerprint density at radius 3 is 2.66 bits per heavy atom. The number of rotatable bonds is 6. The number of esters is 1. The summed E-state index contributed by atoms with van der Waals surface area (Å²) < 4.78 is 10.5. The second-order valence-corrected chi connectivity index (χ2v) is 7.91. The minimum absolute atomic E-state index is 0.0364. The van der Waals surface area contributed by atoms with Crippen LogP contribution < -0.4 is 9.64 Å². The van der Waals surface area contributed by atoms with Crippen LogP contribution in [0.15, 0.2) is 35.1 Å². The fraction of sp³-hybridized carbons (Fsp3) is 0.455. The molecule has 0 aliphatic carbocycles. The number of hydrogen-bond acceptors (Lipinski definition) is 8. The Morgan fingerprint density at radius 2 is 1.97 bits per heavy atom. The molecule has 3 amide bonds. The standard InChI is InChI=1S/C22H27N5O5/c1-6-32-17(28)9-10-25-20(29)18-19(24(4)22(25)30)23-21-26(18)12-14(3)27(21)15-11-13(2)7-8-16(15)31-5/h7-8,11-12,18-19H,6,9-10H2,1-5H3. The predicted molar refractivity (Wildman–Crippen MR) is 117 cm³/mol. The van der Waals surface area contributed by atoms with Crippen LogP contribution in [0.3, 0.4) is 0 Å². The summed E-state index contributed by atoms with van der Waals surface area (Å²) in [4.78, 5) is 49.0. The SMILES string of the molecule is CCOC(=O)CCN1C(=O)C2C(N=C3N(c4cc(C)ccc4OC)C(C)=CN32)N(C)C1=O. The first-order valence-corrected chi connectivity index (χ1v) is 10.5. The number of carbonyl (C=O) groups excluding carboxylic acids is 3. The van der Waals surface area contributed by atoms with Gasteiger partial charge in [-0.2, -0.15) is 0 Å². The van der Waals surface area contributed by atoms with Crippen LogP contribution in [0.2, 0.25) is 0 Å². The number of ether oxygens (including phenoxy) is 2. The van der Waals surface area contributed by atoms with E-state index in [9.17, 15) is 14.4 Å². The molecule has 10 heteroatoms. The summed E-state index contributed by atoms with van der Waals surface area (Å²) in [5.74, 6) is 0.398. The van der Waals surface area contributed by atoms with E-state index in [-0.39, 0.29) is 25.5 Å². The number of methoxy groups -OCH3 is 1. The van der Waals surface area contributed by atoms with Crippen molar-refractivity contribution in [3.05, 3.63) is 35.7 Å². The largest absolute Gasteiger partial charge is 0.495 e. The molecule has 3 aliphatic heterocycles.